The second-order valence-electron chi connectivity index (χ2n) is 4.04. The maximum Gasteiger partial charge on any atom is 0.260 e. The number of fused-ring (bicyclic) bond motifs is 1. The molecule has 0 bridgehead atoms. The Balaban J connectivity index is 1.81. The van der Waals surface area contributed by atoms with Gasteiger partial charge in [0.1, 0.15) is 4.83 Å². The zero-order chi connectivity index (χ0) is 13.2. The van der Waals surface area contributed by atoms with Gasteiger partial charge in [0, 0.05) is 11.4 Å². The topological polar surface area (TPSA) is 71.8 Å². The van der Waals surface area contributed by atoms with Crippen LogP contribution in [-0.4, -0.2) is 9.97 Å². The Labute approximate surface area is 117 Å². The van der Waals surface area contributed by atoms with Gasteiger partial charge in [-0.2, -0.15) is 0 Å². The third kappa shape index (κ3) is 2.64. The fraction of sp³-hybridized carbons (Fsp3) is 0.0769. The smallest absolute Gasteiger partial charge is 0.260 e. The van der Waals surface area contributed by atoms with E-state index in [4.69, 9.17) is 5.73 Å². The van der Waals surface area contributed by atoms with Gasteiger partial charge >= 0.3 is 0 Å². The molecule has 0 fully saturated rings. The molecule has 96 valence electrons. The molecule has 0 amide bonds. The van der Waals surface area contributed by atoms with Crippen LogP contribution < -0.4 is 11.3 Å². The lowest BCUT2D eigenvalue weighted by atomic mass is 10.2. The molecular weight excluding hydrogens is 278 g/mol. The molecule has 3 rings (SSSR count). The van der Waals surface area contributed by atoms with Crippen LogP contribution in [0.4, 0.5) is 5.69 Å². The lowest BCUT2D eigenvalue weighted by molar-refractivity contribution is 0.979. The summed E-state index contributed by atoms with van der Waals surface area (Å²) in [7, 11) is 0. The van der Waals surface area contributed by atoms with Crippen molar-refractivity contribution in [2.75, 3.05) is 5.73 Å². The summed E-state index contributed by atoms with van der Waals surface area (Å²) in [4.78, 5) is 19.8. The summed E-state index contributed by atoms with van der Waals surface area (Å²) in [6, 6.07) is 9.48. The Kier molecular flexibility index (Phi) is 3.27. The summed E-state index contributed by atoms with van der Waals surface area (Å²) in [5.74, 6) is 0.750. The monoisotopic (exact) mass is 289 g/mol. The van der Waals surface area contributed by atoms with E-state index >= 15 is 0 Å². The van der Waals surface area contributed by atoms with Crippen LogP contribution in [0, 0.1) is 0 Å². The second kappa shape index (κ2) is 5.07. The molecule has 2 aromatic heterocycles. The number of hydrogen-bond acceptors (Lipinski definition) is 5. The Morgan fingerprint density at radius 1 is 1.26 bits per heavy atom. The molecule has 0 aliphatic heterocycles. The molecule has 0 radical (unpaired) electrons. The number of anilines is 1. The summed E-state index contributed by atoms with van der Waals surface area (Å²) in [6.07, 6.45) is 0. The number of thiophene rings is 1. The van der Waals surface area contributed by atoms with Crippen molar-refractivity contribution < 1.29 is 0 Å². The van der Waals surface area contributed by atoms with E-state index in [1.165, 1.54) is 23.1 Å². The van der Waals surface area contributed by atoms with Crippen molar-refractivity contribution in [3.8, 4) is 0 Å². The number of nitrogens with zero attached hydrogens (tertiary/aromatic N) is 1. The Morgan fingerprint density at radius 3 is 2.84 bits per heavy atom. The number of aromatic amines is 1. The molecule has 3 N–H and O–H groups in total. The van der Waals surface area contributed by atoms with Gasteiger partial charge in [0.2, 0.25) is 0 Å². The van der Waals surface area contributed by atoms with Crippen molar-refractivity contribution >= 4 is 39.0 Å². The van der Waals surface area contributed by atoms with Gasteiger partial charge < -0.3 is 10.7 Å². The minimum absolute atomic E-state index is 0.0777. The Morgan fingerprint density at radius 2 is 2.05 bits per heavy atom. The molecule has 4 nitrogen and oxygen atoms in total. The number of thioether (sulfide) groups is 1. The lowest BCUT2D eigenvalue weighted by Crippen LogP contribution is -2.07. The molecular formula is C13H11N3OS2. The van der Waals surface area contributed by atoms with Crippen molar-refractivity contribution in [3.63, 3.8) is 0 Å². The predicted octanol–water partition coefficient (Wildman–Crippen LogP) is 2.86. The highest BCUT2D eigenvalue weighted by Gasteiger charge is 2.05. The molecule has 0 saturated heterocycles. The maximum atomic E-state index is 11.8. The van der Waals surface area contributed by atoms with Crippen LogP contribution >= 0.6 is 23.1 Å². The average Bonchev–Trinajstić information content (AvgIpc) is 2.87. The van der Waals surface area contributed by atoms with Gasteiger partial charge in [-0.15, -0.1) is 11.3 Å². The number of benzene rings is 1. The van der Waals surface area contributed by atoms with Crippen molar-refractivity contribution in [1.29, 1.82) is 0 Å². The number of nitrogens with one attached hydrogen (secondary N) is 1. The van der Waals surface area contributed by atoms with E-state index in [2.05, 4.69) is 9.97 Å². The second-order valence-corrected chi connectivity index (χ2v) is 5.90. The van der Waals surface area contributed by atoms with Gasteiger partial charge in [0.15, 0.2) is 5.16 Å². The van der Waals surface area contributed by atoms with Crippen molar-refractivity contribution in [2.24, 2.45) is 0 Å². The first-order chi connectivity index (χ1) is 9.22. The Bertz CT molecular complexity index is 761. The molecule has 0 unspecified atom stereocenters. The van der Waals surface area contributed by atoms with Gasteiger partial charge in [-0.1, -0.05) is 23.9 Å². The molecule has 0 atom stereocenters. The number of aromatic nitrogens is 2. The zero-order valence-corrected chi connectivity index (χ0v) is 11.6. The number of hydrogen-bond donors (Lipinski definition) is 2. The molecule has 0 spiro atoms. The third-order valence-electron chi connectivity index (χ3n) is 2.67. The van der Waals surface area contributed by atoms with Crippen LogP contribution in [0.1, 0.15) is 5.56 Å². The van der Waals surface area contributed by atoms with E-state index in [1.54, 1.807) is 6.07 Å². The van der Waals surface area contributed by atoms with Crippen LogP contribution in [0.15, 0.2) is 45.7 Å². The van der Waals surface area contributed by atoms with E-state index in [0.29, 0.717) is 10.5 Å². The minimum Gasteiger partial charge on any atom is -0.399 e. The van der Waals surface area contributed by atoms with E-state index < -0.39 is 0 Å². The third-order valence-corrected chi connectivity index (χ3v) is 4.42. The first-order valence-corrected chi connectivity index (χ1v) is 7.53. The van der Waals surface area contributed by atoms with Gasteiger partial charge in [0.25, 0.3) is 5.56 Å². The number of nitrogen functional groups attached to an aromatic ring is 1. The van der Waals surface area contributed by atoms with Crippen molar-refractivity contribution in [2.45, 2.75) is 10.9 Å². The molecule has 3 aromatic rings. The van der Waals surface area contributed by atoms with Crippen LogP contribution in [0.2, 0.25) is 0 Å². The molecule has 0 saturated carbocycles. The molecule has 6 heteroatoms. The van der Waals surface area contributed by atoms with Crippen molar-refractivity contribution in [3.05, 3.63) is 51.6 Å². The molecule has 1 aromatic carbocycles. The summed E-state index contributed by atoms with van der Waals surface area (Å²) >= 11 is 2.99. The fourth-order valence-corrected chi connectivity index (χ4v) is 3.32. The first-order valence-electron chi connectivity index (χ1n) is 5.67. The van der Waals surface area contributed by atoms with Gasteiger partial charge in [-0.05, 0) is 29.1 Å². The number of rotatable bonds is 3. The standard InChI is InChI=1S/C13H11N3OS2/c14-9-3-1-8(2-4-9)7-19-13-15-11(17)10-5-6-18-12(10)16-13/h1-6H,7,14H2,(H,15,16,17). The van der Waals surface area contributed by atoms with E-state index in [1.807, 2.05) is 29.6 Å². The van der Waals surface area contributed by atoms with Crippen LogP contribution in [0.3, 0.4) is 0 Å². The normalized spacial score (nSPS) is 10.9. The molecule has 2 heterocycles. The van der Waals surface area contributed by atoms with E-state index in [9.17, 15) is 4.79 Å². The number of nitrogens with two attached hydrogens (primary N) is 1. The highest BCUT2D eigenvalue weighted by atomic mass is 32.2. The SMILES string of the molecule is Nc1ccc(CSc2nc3sccc3c(=O)[nH]2)cc1. The molecule has 0 aliphatic carbocycles. The van der Waals surface area contributed by atoms with Gasteiger partial charge in [0.05, 0.1) is 5.39 Å². The van der Waals surface area contributed by atoms with Crippen LogP contribution in [-0.2, 0) is 5.75 Å². The quantitative estimate of drug-likeness (QED) is 0.442. The summed E-state index contributed by atoms with van der Waals surface area (Å²) in [6.45, 7) is 0. The minimum atomic E-state index is -0.0777. The summed E-state index contributed by atoms with van der Waals surface area (Å²) in [5.41, 5.74) is 7.46. The highest BCUT2D eigenvalue weighted by molar-refractivity contribution is 7.98. The fourth-order valence-electron chi connectivity index (χ4n) is 1.68. The first kappa shape index (κ1) is 12.3. The number of H-pyrrole nitrogens is 1. The summed E-state index contributed by atoms with van der Waals surface area (Å²) < 4.78 is 0. The predicted molar refractivity (Wildman–Crippen MR) is 80.7 cm³/mol. The maximum absolute atomic E-state index is 11.8. The molecule has 19 heavy (non-hydrogen) atoms. The zero-order valence-electron chi connectivity index (χ0n) is 9.92. The van der Waals surface area contributed by atoms with Gasteiger partial charge in [-0.25, -0.2) is 4.98 Å². The molecule has 0 aliphatic rings. The van der Waals surface area contributed by atoms with E-state index in [0.717, 1.165) is 21.8 Å². The summed E-state index contributed by atoms with van der Waals surface area (Å²) in [5, 5.41) is 3.18. The van der Waals surface area contributed by atoms with Crippen LogP contribution in [0.25, 0.3) is 10.2 Å². The van der Waals surface area contributed by atoms with Crippen molar-refractivity contribution in [1.82, 2.24) is 9.97 Å². The highest BCUT2D eigenvalue weighted by Crippen LogP contribution is 2.22. The van der Waals surface area contributed by atoms with Gasteiger partial charge in [-0.3, -0.25) is 4.79 Å². The largest absolute Gasteiger partial charge is 0.399 e. The van der Waals surface area contributed by atoms with E-state index in [-0.39, 0.29) is 5.56 Å². The Hall–Kier alpha value is -1.79. The van der Waals surface area contributed by atoms with Crippen LogP contribution in [0.5, 0.6) is 0 Å². The lowest BCUT2D eigenvalue weighted by Gasteiger charge is -2.02. The average molecular weight is 289 g/mol.